The van der Waals surface area contributed by atoms with Crippen molar-refractivity contribution in [1.29, 1.82) is 0 Å². The van der Waals surface area contributed by atoms with Crippen molar-refractivity contribution in [2.75, 3.05) is 0 Å². The van der Waals surface area contributed by atoms with Gasteiger partial charge in [0.1, 0.15) is 0 Å². The molecule has 22 heavy (non-hydrogen) atoms. The zero-order valence-electron chi connectivity index (χ0n) is 11.0. The maximum Gasteiger partial charge on any atom is 0.268 e. The minimum Gasteiger partial charge on any atom is -0.393 e. The van der Waals surface area contributed by atoms with Crippen molar-refractivity contribution >= 4 is 68.1 Å². The number of hydrogen-bond acceptors (Lipinski definition) is 3. The highest BCUT2D eigenvalue weighted by Gasteiger charge is 2.31. The Bertz CT molecular complexity index is 594. The highest BCUT2D eigenvalue weighted by atomic mass is 35.6. The van der Waals surface area contributed by atoms with E-state index in [1.54, 1.807) is 0 Å². The first-order chi connectivity index (χ1) is 9.87. The van der Waals surface area contributed by atoms with Gasteiger partial charge in [0, 0.05) is 16.5 Å². The van der Waals surface area contributed by atoms with Gasteiger partial charge >= 0.3 is 0 Å². The molecule has 0 amide bonds. The molecule has 0 radical (unpaired) electrons. The molecule has 2 unspecified atom stereocenters. The Morgan fingerprint density at radius 2 is 1.59 bits per heavy atom. The molecule has 2 atom stereocenters. The SMILES string of the molecule is O=S(=O)(O)C(Cc1cc(Cl)cc(Cl)c1)CC(O)CC(Cl)(Cl)Cl. The Hall–Kier alpha value is 0.540. The lowest BCUT2D eigenvalue weighted by Crippen LogP contribution is -2.30. The molecule has 1 rings (SSSR count). The van der Waals surface area contributed by atoms with Crippen LogP contribution < -0.4 is 0 Å². The van der Waals surface area contributed by atoms with Crippen molar-refractivity contribution in [2.24, 2.45) is 0 Å². The molecule has 0 heterocycles. The van der Waals surface area contributed by atoms with Crippen molar-refractivity contribution in [3.63, 3.8) is 0 Å². The van der Waals surface area contributed by atoms with Crippen molar-refractivity contribution < 1.29 is 18.1 Å². The average Bonchev–Trinajstić information content (AvgIpc) is 2.22. The van der Waals surface area contributed by atoms with E-state index in [1.165, 1.54) is 18.2 Å². The van der Waals surface area contributed by atoms with E-state index in [4.69, 9.17) is 58.0 Å². The van der Waals surface area contributed by atoms with E-state index < -0.39 is 25.3 Å². The molecule has 126 valence electrons. The number of aliphatic hydroxyl groups is 1. The Balaban J connectivity index is 2.90. The lowest BCUT2D eigenvalue weighted by Gasteiger charge is -2.21. The normalized spacial score (nSPS) is 15.6. The predicted molar refractivity (Wildman–Crippen MR) is 91.0 cm³/mol. The van der Waals surface area contributed by atoms with Gasteiger partial charge in [-0.05, 0) is 36.6 Å². The van der Waals surface area contributed by atoms with Gasteiger partial charge in [-0.25, -0.2) is 0 Å². The third kappa shape index (κ3) is 7.88. The molecule has 10 heteroatoms. The summed E-state index contributed by atoms with van der Waals surface area (Å²) in [6, 6.07) is 4.53. The average molecular weight is 431 g/mol. The van der Waals surface area contributed by atoms with E-state index in [9.17, 15) is 18.1 Å². The maximum atomic E-state index is 11.5. The molecule has 0 fully saturated rings. The first-order valence-electron chi connectivity index (χ1n) is 6.03. The minimum atomic E-state index is -4.41. The molecule has 0 bridgehead atoms. The van der Waals surface area contributed by atoms with Crippen molar-refractivity contribution in [2.45, 2.75) is 34.4 Å². The van der Waals surface area contributed by atoms with Crippen LogP contribution in [0, 0.1) is 0 Å². The third-order valence-electron chi connectivity index (χ3n) is 2.81. The number of hydrogen-bond donors (Lipinski definition) is 2. The fourth-order valence-electron chi connectivity index (χ4n) is 1.96. The van der Waals surface area contributed by atoms with Crippen LogP contribution in [0.3, 0.4) is 0 Å². The summed E-state index contributed by atoms with van der Waals surface area (Å²) >= 11 is 28.3. The molecular weight excluding hydrogens is 417 g/mol. The van der Waals surface area contributed by atoms with Gasteiger partial charge < -0.3 is 5.11 Å². The largest absolute Gasteiger partial charge is 0.393 e. The summed E-state index contributed by atoms with van der Waals surface area (Å²) in [7, 11) is -4.41. The number of rotatable bonds is 6. The maximum absolute atomic E-state index is 11.5. The monoisotopic (exact) mass is 428 g/mol. The van der Waals surface area contributed by atoms with Gasteiger partial charge in [0.2, 0.25) is 0 Å². The second-order valence-electron chi connectivity index (χ2n) is 4.83. The van der Waals surface area contributed by atoms with Crippen LogP contribution in [-0.4, -0.2) is 33.2 Å². The number of benzene rings is 1. The van der Waals surface area contributed by atoms with Gasteiger partial charge in [-0.3, -0.25) is 4.55 Å². The number of alkyl halides is 3. The summed E-state index contributed by atoms with van der Waals surface area (Å²) in [5.41, 5.74) is 0.501. The molecule has 0 aromatic heterocycles. The van der Waals surface area contributed by atoms with Crippen molar-refractivity contribution in [3.05, 3.63) is 33.8 Å². The Labute approximate surface area is 154 Å². The van der Waals surface area contributed by atoms with Gasteiger partial charge in [0.05, 0.1) is 11.4 Å². The molecule has 0 aliphatic carbocycles. The van der Waals surface area contributed by atoms with Crippen LogP contribution in [0.15, 0.2) is 18.2 Å². The third-order valence-corrected chi connectivity index (χ3v) is 4.91. The lowest BCUT2D eigenvalue weighted by molar-refractivity contribution is 0.153. The molecular formula is C12H13Cl5O4S. The predicted octanol–water partition coefficient (Wildman–Crippen LogP) is 4.30. The number of aliphatic hydroxyl groups excluding tert-OH is 1. The first-order valence-corrected chi connectivity index (χ1v) is 9.42. The zero-order valence-corrected chi connectivity index (χ0v) is 15.6. The highest BCUT2D eigenvalue weighted by Crippen LogP contribution is 2.33. The second kappa shape index (κ2) is 8.08. The molecule has 1 aromatic carbocycles. The Kier molecular flexibility index (Phi) is 7.56. The topological polar surface area (TPSA) is 74.6 Å². The summed E-state index contributed by atoms with van der Waals surface area (Å²) in [5, 5.41) is 9.21. The van der Waals surface area contributed by atoms with Gasteiger partial charge in [-0.2, -0.15) is 8.42 Å². The van der Waals surface area contributed by atoms with Crippen LogP contribution in [0.25, 0.3) is 0 Å². The highest BCUT2D eigenvalue weighted by molar-refractivity contribution is 7.86. The molecule has 0 spiro atoms. The second-order valence-corrected chi connectivity index (χ2v) is 9.91. The van der Waals surface area contributed by atoms with Crippen molar-refractivity contribution in [3.8, 4) is 0 Å². The first kappa shape index (κ1) is 20.6. The molecule has 1 aromatic rings. The summed E-state index contributed by atoms with van der Waals surface area (Å²) in [5.74, 6) is 0. The molecule has 0 aliphatic heterocycles. The molecule has 0 aliphatic rings. The van der Waals surface area contributed by atoms with E-state index in [-0.39, 0.29) is 19.3 Å². The smallest absolute Gasteiger partial charge is 0.268 e. The van der Waals surface area contributed by atoms with Crippen LogP contribution in [0.4, 0.5) is 0 Å². The summed E-state index contributed by atoms with van der Waals surface area (Å²) in [6.45, 7) is 0. The molecule has 0 saturated carbocycles. The lowest BCUT2D eigenvalue weighted by atomic mass is 10.0. The molecule has 4 nitrogen and oxygen atoms in total. The standard InChI is InChI=1S/C12H13Cl5O4S/c13-8-1-7(2-9(14)4-8)3-11(22(19,20)21)5-10(18)6-12(15,16)17/h1-2,4,10-11,18H,3,5-6H2,(H,19,20,21). The minimum absolute atomic E-state index is 0.0873. The van der Waals surface area contributed by atoms with Gasteiger partial charge in [0.15, 0.2) is 3.79 Å². The van der Waals surface area contributed by atoms with Crippen molar-refractivity contribution in [1.82, 2.24) is 0 Å². The molecule has 0 saturated heterocycles. The fourth-order valence-corrected chi connectivity index (χ4v) is 3.93. The van der Waals surface area contributed by atoms with E-state index in [0.717, 1.165) is 0 Å². The summed E-state index contributed by atoms with van der Waals surface area (Å²) < 4.78 is 30.6. The van der Waals surface area contributed by atoms with E-state index in [1.807, 2.05) is 0 Å². The van der Waals surface area contributed by atoms with Crippen LogP contribution in [-0.2, 0) is 16.5 Å². The van der Waals surface area contributed by atoms with Gasteiger partial charge in [-0.1, -0.05) is 58.0 Å². The fraction of sp³-hybridized carbons (Fsp3) is 0.500. The van der Waals surface area contributed by atoms with Gasteiger partial charge in [0.25, 0.3) is 10.1 Å². The Morgan fingerprint density at radius 3 is 2.00 bits per heavy atom. The van der Waals surface area contributed by atoms with Crippen LogP contribution in [0.2, 0.25) is 10.0 Å². The van der Waals surface area contributed by atoms with Crippen LogP contribution in [0.5, 0.6) is 0 Å². The molecule has 2 N–H and O–H groups in total. The van der Waals surface area contributed by atoms with E-state index in [2.05, 4.69) is 0 Å². The quantitative estimate of drug-likeness (QED) is 0.521. The number of halogens is 5. The Morgan fingerprint density at radius 1 is 1.09 bits per heavy atom. The zero-order chi connectivity index (χ0) is 17.1. The summed E-state index contributed by atoms with van der Waals surface area (Å²) in [4.78, 5) is 0. The van der Waals surface area contributed by atoms with Crippen LogP contribution >= 0.6 is 58.0 Å². The summed E-state index contributed by atoms with van der Waals surface area (Å²) in [6.07, 6.45) is -1.86. The van der Waals surface area contributed by atoms with E-state index >= 15 is 0 Å². The van der Waals surface area contributed by atoms with Gasteiger partial charge in [-0.15, -0.1) is 0 Å². The van der Waals surface area contributed by atoms with Crippen LogP contribution in [0.1, 0.15) is 18.4 Å². The van der Waals surface area contributed by atoms with E-state index in [0.29, 0.717) is 15.6 Å².